The van der Waals surface area contributed by atoms with Crippen molar-refractivity contribution in [3.05, 3.63) is 71.5 Å². The Labute approximate surface area is 143 Å². The maximum atomic E-state index is 12.1. The Balaban J connectivity index is 1.80. The molecular weight excluding hydrogens is 350 g/mol. The van der Waals surface area contributed by atoms with Crippen molar-refractivity contribution in [3.8, 4) is 11.4 Å². The van der Waals surface area contributed by atoms with Crippen LogP contribution in [0.5, 0.6) is 0 Å². The molecule has 1 heterocycles. The molecule has 2 aromatic carbocycles. The number of carbonyl (C=O) groups excluding carboxylic acids is 1. The summed E-state index contributed by atoms with van der Waals surface area (Å²) in [6.07, 6.45) is 1.28. The van der Waals surface area contributed by atoms with Gasteiger partial charge in [0, 0.05) is 10.6 Å². The number of rotatable bonds is 4. The lowest BCUT2D eigenvalue weighted by Crippen LogP contribution is -2.30. The monoisotopic (exact) mass is 361 g/mol. The molecule has 0 aliphatic carbocycles. The molecule has 0 aliphatic heterocycles. The van der Waals surface area contributed by atoms with E-state index < -0.39 is 15.9 Å². The first-order valence-corrected chi connectivity index (χ1v) is 8.75. The molecule has 0 radical (unpaired) electrons. The third-order valence-electron chi connectivity index (χ3n) is 3.22. The lowest BCUT2D eigenvalue weighted by Gasteiger charge is -2.05. The molecule has 3 aromatic rings. The van der Waals surface area contributed by atoms with Crippen molar-refractivity contribution in [2.24, 2.45) is 0 Å². The average Bonchev–Trinajstić information content (AvgIpc) is 3.06. The van der Waals surface area contributed by atoms with Gasteiger partial charge in [0.2, 0.25) is 0 Å². The molecule has 122 valence electrons. The van der Waals surface area contributed by atoms with Gasteiger partial charge < -0.3 is 4.98 Å². The maximum Gasteiger partial charge on any atom is 0.283 e. The van der Waals surface area contributed by atoms with E-state index in [4.69, 9.17) is 11.6 Å². The second-order valence-corrected chi connectivity index (χ2v) is 7.02. The molecule has 0 unspecified atom stereocenters. The summed E-state index contributed by atoms with van der Waals surface area (Å²) in [4.78, 5) is 19.0. The molecule has 0 saturated heterocycles. The lowest BCUT2D eigenvalue weighted by molar-refractivity contribution is 0.0977. The number of halogens is 1. The average molecular weight is 362 g/mol. The minimum Gasteiger partial charge on any atom is -0.334 e. The van der Waals surface area contributed by atoms with Crippen LogP contribution >= 0.6 is 11.6 Å². The molecule has 0 bridgehead atoms. The zero-order chi connectivity index (χ0) is 17.2. The van der Waals surface area contributed by atoms with Gasteiger partial charge in [0.1, 0.15) is 11.5 Å². The van der Waals surface area contributed by atoms with E-state index in [1.807, 2.05) is 4.72 Å². The van der Waals surface area contributed by atoms with Gasteiger partial charge in [0.15, 0.2) is 0 Å². The zero-order valence-corrected chi connectivity index (χ0v) is 13.8. The van der Waals surface area contributed by atoms with Crippen LogP contribution in [0.2, 0.25) is 5.02 Å². The van der Waals surface area contributed by atoms with Crippen LogP contribution in [0, 0.1) is 0 Å². The summed E-state index contributed by atoms with van der Waals surface area (Å²) in [7, 11) is -3.93. The van der Waals surface area contributed by atoms with Gasteiger partial charge in [-0.3, -0.25) is 4.79 Å². The normalized spacial score (nSPS) is 11.2. The molecule has 24 heavy (non-hydrogen) atoms. The fraction of sp³-hybridized carbons (Fsp3) is 0. The summed E-state index contributed by atoms with van der Waals surface area (Å²) < 4.78 is 26.3. The summed E-state index contributed by atoms with van der Waals surface area (Å²) in [5.41, 5.74) is 0.767. The summed E-state index contributed by atoms with van der Waals surface area (Å²) in [5, 5.41) is 0.581. The quantitative estimate of drug-likeness (QED) is 0.747. The lowest BCUT2D eigenvalue weighted by atomic mass is 10.2. The van der Waals surface area contributed by atoms with E-state index in [1.165, 1.54) is 18.3 Å². The first-order valence-electron chi connectivity index (χ1n) is 6.89. The van der Waals surface area contributed by atoms with Crippen molar-refractivity contribution in [2.45, 2.75) is 4.90 Å². The van der Waals surface area contributed by atoms with Crippen LogP contribution in [0.1, 0.15) is 10.5 Å². The van der Waals surface area contributed by atoms with Crippen molar-refractivity contribution < 1.29 is 13.2 Å². The predicted octanol–water partition coefficient (Wildman–Crippen LogP) is 2.85. The molecule has 8 heteroatoms. The third kappa shape index (κ3) is 3.47. The van der Waals surface area contributed by atoms with Crippen LogP contribution in [-0.2, 0) is 10.0 Å². The van der Waals surface area contributed by atoms with E-state index >= 15 is 0 Å². The van der Waals surface area contributed by atoms with Crippen molar-refractivity contribution in [2.75, 3.05) is 0 Å². The highest BCUT2D eigenvalue weighted by Crippen LogP contribution is 2.18. The Bertz CT molecular complexity index is 967. The van der Waals surface area contributed by atoms with Crippen LogP contribution < -0.4 is 4.72 Å². The Morgan fingerprint density at radius 3 is 2.38 bits per heavy atom. The van der Waals surface area contributed by atoms with Crippen LogP contribution in [-0.4, -0.2) is 24.3 Å². The largest absolute Gasteiger partial charge is 0.334 e. The van der Waals surface area contributed by atoms with Gasteiger partial charge >= 0.3 is 0 Å². The summed E-state index contributed by atoms with van der Waals surface area (Å²) in [5.74, 6) is -0.347. The highest BCUT2D eigenvalue weighted by Gasteiger charge is 2.20. The number of imidazole rings is 1. The van der Waals surface area contributed by atoms with Gasteiger partial charge in [0.05, 0.1) is 11.1 Å². The Hall–Kier alpha value is -2.64. The summed E-state index contributed by atoms with van der Waals surface area (Å²) in [6, 6.07) is 14.5. The highest BCUT2D eigenvalue weighted by molar-refractivity contribution is 7.90. The number of H-pyrrole nitrogens is 1. The van der Waals surface area contributed by atoms with Crippen molar-refractivity contribution >= 4 is 27.5 Å². The standard InChI is InChI=1S/C16H12ClN3O3S/c17-12-8-6-11(7-9-12)15-18-10-14(19-15)16(21)20-24(22,23)13-4-2-1-3-5-13/h1-10H,(H,18,19)(H,20,21). The minimum absolute atomic E-state index is 0.00999. The molecule has 1 aromatic heterocycles. The van der Waals surface area contributed by atoms with E-state index in [9.17, 15) is 13.2 Å². The number of hydrogen-bond donors (Lipinski definition) is 2. The number of nitrogens with zero attached hydrogens (tertiary/aromatic N) is 1. The Kier molecular flexibility index (Phi) is 4.37. The molecule has 0 atom stereocenters. The van der Waals surface area contributed by atoms with Gasteiger partial charge in [-0.25, -0.2) is 18.1 Å². The topological polar surface area (TPSA) is 91.9 Å². The van der Waals surface area contributed by atoms with Gasteiger partial charge in [-0.1, -0.05) is 29.8 Å². The number of nitrogens with one attached hydrogen (secondary N) is 2. The molecule has 0 spiro atoms. The van der Waals surface area contributed by atoms with Crippen LogP contribution in [0.4, 0.5) is 0 Å². The molecule has 2 N–H and O–H groups in total. The number of sulfonamides is 1. The highest BCUT2D eigenvalue weighted by atomic mass is 35.5. The van der Waals surface area contributed by atoms with E-state index in [-0.39, 0.29) is 10.6 Å². The van der Waals surface area contributed by atoms with Gasteiger partial charge in [0.25, 0.3) is 15.9 Å². The number of aromatic nitrogens is 2. The number of hydrogen-bond acceptors (Lipinski definition) is 4. The fourth-order valence-electron chi connectivity index (χ4n) is 2.03. The SMILES string of the molecule is O=C(NS(=O)(=O)c1ccccc1)c1cnc(-c2ccc(Cl)cc2)[nH]1. The number of benzene rings is 2. The van der Waals surface area contributed by atoms with Crippen molar-refractivity contribution in [1.82, 2.24) is 14.7 Å². The third-order valence-corrected chi connectivity index (χ3v) is 4.82. The van der Waals surface area contributed by atoms with Gasteiger partial charge in [-0.05, 0) is 36.4 Å². The molecule has 0 saturated carbocycles. The minimum atomic E-state index is -3.93. The molecule has 1 amide bonds. The molecule has 3 rings (SSSR count). The number of aromatic amines is 1. The second-order valence-electron chi connectivity index (χ2n) is 4.90. The first kappa shape index (κ1) is 16.2. The molecule has 0 fully saturated rings. The second kappa shape index (κ2) is 6.46. The number of amides is 1. The number of carbonyl (C=O) groups is 1. The summed E-state index contributed by atoms with van der Waals surface area (Å²) >= 11 is 5.82. The van der Waals surface area contributed by atoms with E-state index in [0.29, 0.717) is 10.8 Å². The Morgan fingerprint density at radius 2 is 1.71 bits per heavy atom. The van der Waals surface area contributed by atoms with Gasteiger partial charge in [-0.2, -0.15) is 0 Å². The van der Waals surface area contributed by atoms with E-state index in [2.05, 4.69) is 9.97 Å². The molecular formula is C16H12ClN3O3S. The van der Waals surface area contributed by atoms with Crippen molar-refractivity contribution in [1.29, 1.82) is 0 Å². The molecule has 0 aliphatic rings. The van der Waals surface area contributed by atoms with Crippen LogP contribution in [0.25, 0.3) is 11.4 Å². The fourth-order valence-corrected chi connectivity index (χ4v) is 3.14. The summed E-state index contributed by atoms with van der Waals surface area (Å²) in [6.45, 7) is 0. The van der Waals surface area contributed by atoms with Crippen LogP contribution in [0.3, 0.4) is 0 Å². The van der Waals surface area contributed by atoms with E-state index in [0.717, 1.165) is 5.56 Å². The molecule has 6 nitrogen and oxygen atoms in total. The van der Waals surface area contributed by atoms with Gasteiger partial charge in [-0.15, -0.1) is 0 Å². The zero-order valence-electron chi connectivity index (χ0n) is 12.2. The smallest absolute Gasteiger partial charge is 0.283 e. The van der Waals surface area contributed by atoms with Crippen LogP contribution in [0.15, 0.2) is 65.7 Å². The van der Waals surface area contributed by atoms with Crippen molar-refractivity contribution in [3.63, 3.8) is 0 Å². The predicted molar refractivity (Wildman–Crippen MR) is 90.1 cm³/mol. The first-order chi connectivity index (χ1) is 11.5. The maximum absolute atomic E-state index is 12.1. The van der Waals surface area contributed by atoms with E-state index in [1.54, 1.807) is 42.5 Å². The Morgan fingerprint density at radius 1 is 1.04 bits per heavy atom.